The standard InChI is InChI=1S/C13H15N3S/c1-2-11-7-15-8-12(11)5-10(1)6-14-9-13-16-3-4-17-13/h1-5,14-15H,6-9H2. The second kappa shape index (κ2) is 4.96. The first-order valence-electron chi connectivity index (χ1n) is 5.82. The van der Waals surface area contributed by atoms with Crippen LogP contribution in [0.1, 0.15) is 21.7 Å². The van der Waals surface area contributed by atoms with Crippen LogP contribution in [0.5, 0.6) is 0 Å². The average Bonchev–Trinajstić information content (AvgIpc) is 2.98. The Bertz CT molecular complexity index is 493. The molecule has 0 saturated heterocycles. The molecule has 1 aliphatic rings. The molecule has 3 rings (SSSR count). The smallest absolute Gasteiger partial charge is 0.106 e. The Labute approximate surface area is 105 Å². The zero-order chi connectivity index (χ0) is 11.5. The minimum Gasteiger partial charge on any atom is -0.309 e. The number of nitrogens with zero attached hydrogens (tertiary/aromatic N) is 1. The summed E-state index contributed by atoms with van der Waals surface area (Å²) in [6.07, 6.45) is 1.85. The highest BCUT2D eigenvalue weighted by molar-refractivity contribution is 7.09. The van der Waals surface area contributed by atoms with Crippen molar-refractivity contribution in [3.8, 4) is 0 Å². The van der Waals surface area contributed by atoms with Gasteiger partial charge in [0.2, 0.25) is 0 Å². The molecule has 2 N–H and O–H groups in total. The van der Waals surface area contributed by atoms with Gasteiger partial charge in [0.05, 0.1) is 0 Å². The van der Waals surface area contributed by atoms with Gasteiger partial charge in [-0.05, 0) is 16.7 Å². The summed E-state index contributed by atoms with van der Waals surface area (Å²) in [5, 5.41) is 9.95. The van der Waals surface area contributed by atoms with Crippen LogP contribution in [0.3, 0.4) is 0 Å². The monoisotopic (exact) mass is 245 g/mol. The van der Waals surface area contributed by atoms with Gasteiger partial charge >= 0.3 is 0 Å². The predicted molar refractivity (Wildman–Crippen MR) is 69.6 cm³/mol. The summed E-state index contributed by atoms with van der Waals surface area (Å²) in [4.78, 5) is 4.25. The van der Waals surface area contributed by atoms with Crippen LogP contribution in [0.15, 0.2) is 29.8 Å². The molecule has 0 aliphatic carbocycles. The number of hydrogen-bond donors (Lipinski definition) is 2. The SMILES string of the molecule is c1csc(CNCc2ccc3c(c2)CNC3)n1. The largest absolute Gasteiger partial charge is 0.309 e. The molecule has 3 nitrogen and oxygen atoms in total. The fraction of sp³-hybridized carbons (Fsp3) is 0.308. The molecule has 1 aliphatic heterocycles. The highest BCUT2D eigenvalue weighted by Crippen LogP contribution is 2.17. The van der Waals surface area contributed by atoms with Crippen LogP contribution >= 0.6 is 11.3 Å². The van der Waals surface area contributed by atoms with Gasteiger partial charge in [-0.15, -0.1) is 11.3 Å². The maximum Gasteiger partial charge on any atom is 0.106 e. The summed E-state index contributed by atoms with van der Waals surface area (Å²) in [7, 11) is 0. The van der Waals surface area contributed by atoms with E-state index in [4.69, 9.17) is 0 Å². The third kappa shape index (κ3) is 2.54. The third-order valence-corrected chi connectivity index (χ3v) is 3.77. The van der Waals surface area contributed by atoms with E-state index in [1.165, 1.54) is 16.7 Å². The van der Waals surface area contributed by atoms with Crippen LogP contribution < -0.4 is 10.6 Å². The topological polar surface area (TPSA) is 37.0 Å². The quantitative estimate of drug-likeness (QED) is 0.865. The van der Waals surface area contributed by atoms with Crippen molar-refractivity contribution < 1.29 is 0 Å². The van der Waals surface area contributed by atoms with Gasteiger partial charge in [-0.1, -0.05) is 18.2 Å². The maximum absolute atomic E-state index is 4.25. The molecule has 0 atom stereocenters. The van der Waals surface area contributed by atoms with Crippen LogP contribution in [0, 0.1) is 0 Å². The Morgan fingerprint density at radius 3 is 3.06 bits per heavy atom. The summed E-state index contributed by atoms with van der Waals surface area (Å²) in [6, 6.07) is 6.74. The zero-order valence-corrected chi connectivity index (χ0v) is 10.4. The fourth-order valence-corrected chi connectivity index (χ4v) is 2.70. The van der Waals surface area contributed by atoms with E-state index in [1.54, 1.807) is 11.3 Å². The molecule has 0 saturated carbocycles. The van der Waals surface area contributed by atoms with Crippen LogP contribution in [0.25, 0.3) is 0 Å². The number of benzene rings is 1. The second-order valence-electron chi connectivity index (χ2n) is 4.24. The van der Waals surface area contributed by atoms with Crippen LogP contribution in [0.4, 0.5) is 0 Å². The number of hydrogen-bond acceptors (Lipinski definition) is 4. The van der Waals surface area contributed by atoms with E-state index in [-0.39, 0.29) is 0 Å². The van der Waals surface area contributed by atoms with Crippen LogP contribution in [-0.4, -0.2) is 4.98 Å². The number of rotatable bonds is 4. The summed E-state index contributed by atoms with van der Waals surface area (Å²) < 4.78 is 0. The minimum atomic E-state index is 0.854. The second-order valence-corrected chi connectivity index (χ2v) is 5.22. The minimum absolute atomic E-state index is 0.854. The molecule has 1 aromatic heterocycles. The number of aromatic nitrogens is 1. The van der Waals surface area contributed by atoms with Crippen molar-refractivity contribution in [3.05, 3.63) is 51.5 Å². The highest BCUT2D eigenvalue weighted by atomic mass is 32.1. The van der Waals surface area contributed by atoms with E-state index >= 15 is 0 Å². The summed E-state index contributed by atoms with van der Waals surface area (Å²) >= 11 is 1.69. The first kappa shape index (κ1) is 10.9. The Morgan fingerprint density at radius 2 is 2.18 bits per heavy atom. The molecule has 0 unspecified atom stereocenters. The molecule has 2 heterocycles. The van der Waals surface area contributed by atoms with Gasteiger partial charge in [0.15, 0.2) is 0 Å². The Balaban J connectivity index is 1.58. The van der Waals surface area contributed by atoms with Gasteiger partial charge in [-0.2, -0.15) is 0 Å². The zero-order valence-electron chi connectivity index (χ0n) is 9.57. The number of fused-ring (bicyclic) bond motifs is 1. The number of thiazole rings is 1. The molecular weight excluding hydrogens is 230 g/mol. The van der Waals surface area contributed by atoms with Crippen LogP contribution in [-0.2, 0) is 26.2 Å². The van der Waals surface area contributed by atoms with Gasteiger partial charge in [0.25, 0.3) is 0 Å². The van der Waals surface area contributed by atoms with E-state index in [0.29, 0.717) is 0 Å². The Hall–Kier alpha value is -1.23. The molecule has 0 bridgehead atoms. The normalized spacial score (nSPS) is 13.9. The predicted octanol–water partition coefficient (Wildman–Crippen LogP) is 2.04. The van der Waals surface area contributed by atoms with Gasteiger partial charge in [0.1, 0.15) is 5.01 Å². The Morgan fingerprint density at radius 1 is 1.24 bits per heavy atom. The highest BCUT2D eigenvalue weighted by Gasteiger charge is 2.09. The average molecular weight is 245 g/mol. The molecule has 4 heteroatoms. The maximum atomic E-state index is 4.25. The Kier molecular flexibility index (Phi) is 3.18. The third-order valence-electron chi connectivity index (χ3n) is 2.99. The first-order valence-corrected chi connectivity index (χ1v) is 6.70. The molecular formula is C13H15N3S. The molecule has 0 radical (unpaired) electrons. The molecule has 0 spiro atoms. The van der Waals surface area contributed by atoms with Crippen molar-refractivity contribution in [1.29, 1.82) is 0 Å². The van der Waals surface area contributed by atoms with Crippen molar-refractivity contribution in [2.75, 3.05) is 0 Å². The molecule has 0 amide bonds. The van der Waals surface area contributed by atoms with Gasteiger partial charge in [0, 0.05) is 37.8 Å². The molecule has 17 heavy (non-hydrogen) atoms. The molecule has 88 valence electrons. The van der Waals surface area contributed by atoms with Crippen molar-refractivity contribution in [2.45, 2.75) is 26.2 Å². The lowest BCUT2D eigenvalue weighted by molar-refractivity contribution is 0.689. The van der Waals surface area contributed by atoms with E-state index in [2.05, 4.69) is 33.8 Å². The van der Waals surface area contributed by atoms with Gasteiger partial charge in [-0.3, -0.25) is 0 Å². The van der Waals surface area contributed by atoms with E-state index in [1.807, 2.05) is 11.6 Å². The van der Waals surface area contributed by atoms with Gasteiger partial charge < -0.3 is 10.6 Å². The van der Waals surface area contributed by atoms with Crippen molar-refractivity contribution in [3.63, 3.8) is 0 Å². The van der Waals surface area contributed by atoms with E-state index in [0.717, 1.165) is 31.2 Å². The lowest BCUT2D eigenvalue weighted by atomic mass is 10.1. The first-order chi connectivity index (χ1) is 8.42. The molecule has 2 aromatic rings. The van der Waals surface area contributed by atoms with Gasteiger partial charge in [-0.25, -0.2) is 4.98 Å². The van der Waals surface area contributed by atoms with Crippen molar-refractivity contribution >= 4 is 11.3 Å². The lowest BCUT2D eigenvalue weighted by Gasteiger charge is -2.05. The van der Waals surface area contributed by atoms with Crippen molar-refractivity contribution in [2.24, 2.45) is 0 Å². The van der Waals surface area contributed by atoms with Crippen molar-refractivity contribution in [1.82, 2.24) is 15.6 Å². The lowest BCUT2D eigenvalue weighted by Crippen LogP contribution is -2.12. The molecule has 1 aromatic carbocycles. The fourth-order valence-electron chi connectivity index (χ4n) is 2.11. The van der Waals surface area contributed by atoms with E-state index in [9.17, 15) is 0 Å². The summed E-state index contributed by atoms with van der Waals surface area (Å²) in [5.41, 5.74) is 4.23. The summed E-state index contributed by atoms with van der Waals surface area (Å²) in [5.74, 6) is 0. The van der Waals surface area contributed by atoms with E-state index < -0.39 is 0 Å². The molecule has 0 fully saturated rings. The number of nitrogens with one attached hydrogen (secondary N) is 2. The van der Waals surface area contributed by atoms with Crippen LogP contribution in [0.2, 0.25) is 0 Å². The summed E-state index contributed by atoms with van der Waals surface area (Å²) in [6.45, 7) is 3.79.